The van der Waals surface area contributed by atoms with Crippen LogP contribution in [0.1, 0.15) is 23.2 Å². The summed E-state index contributed by atoms with van der Waals surface area (Å²) in [6.45, 7) is 1.89. The summed E-state index contributed by atoms with van der Waals surface area (Å²) >= 11 is 0. The van der Waals surface area contributed by atoms with E-state index in [4.69, 9.17) is 5.73 Å². The van der Waals surface area contributed by atoms with E-state index in [2.05, 4.69) is 11.9 Å². The lowest BCUT2D eigenvalue weighted by molar-refractivity contribution is 0.0761. The normalized spacial score (nSPS) is 18.8. The minimum atomic E-state index is 0.0345. The Kier molecular flexibility index (Phi) is 4.73. The Morgan fingerprint density at radius 1 is 1.38 bits per heavy atom. The average Bonchev–Trinajstić information content (AvgIpc) is 2.82. The molecule has 1 amide bonds. The van der Waals surface area contributed by atoms with Gasteiger partial charge in [0, 0.05) is 39.3 Å². The van der Waals surface area contributed by atoms with Gasteiger partial charge in [-0.05, 0) is 44.6 Å². The number of nitrogens with zero attached hydrogens (tertiary/aromatic N) is 3. The Morgan fingerprint density at radius 2 is 2.10 bits per heavy atom. The molecule has 1 aliphatic rings. The number of carbonyl (C=O) groups excluding carboxylic acids is 1. The Bertz CT molecular complexity index is 515. The minimum absolute atomic E-state index is 0.0345. The smallest absolute Gasteiger partial charge is 0.253 e. The summed E-state index contributed by atoms with van der Waals surface area (Å²) in [5.41, 5.74) is 8.25. The molecule has 1 aromatic carbocycles. The molecule has 0 saturated carbocycles. The number of anilines is 2. The molecular formula is C16H26N4O. The van der Waals surface area contributed by atoms with E-state index in [1.165, 1.54) is 6.42 Å². The van der Waals surface area contributed by atoms with E-state index in [9.17, 15) is 4.79 Å². The first-order valence-corrected chi connectivity index (χ1v) is 7.42. The number of carbonyl (C=O) groups is 1. The van der Waals surface area contributed by atoms with Crippen molar-refractivity contribution in [1.82, 2.24) is 9.80 Å². The molecule has 21 heavy (non-hydrogen) atoms. The van der Waals surface area contributed by atoms with Crippen LogP contribution in [0.25, 0.3) is 0 Å². The van der Waals surface area contributed by atoms with Gasteiger partial charge in [-0.2, -0.15) is 0 Å². The van der Waals surface area contributed by atoms with Crippen LogP contribution in [0.4, 0.5) is 11.4 Å². The van der Waals surface area contributed by atoms with Crippen molar-refractivity contribution < 1.29 is 4.79 Å². The van der Waals surface area contributed by atoms with Gasteiger partial charge >= 0.3 is 0 Å². The third-order valence-corrected chi connectivity index (χ3v) is 4.26. The maximum Gasteiger partial charge on any atom is 0.253 e. The molecule has 1 aliphatic heterocycles. The second-order valence-corrected chi connectivity index (χ2v) is 6.13. The van der Waals surface area contributed by atoms with Crippen LogP contribution in [0.5, 0.6) is 0 Å². The first kappa shape index (κ1) is 15.6. The highest BCUT2D eigenvalue weighted by Gasteiger charge is 2.24. The van der Waals surface area contributed by atoms with Crippen LogP contribution in [0.3, 0.4) is 0 Å². The highest BCUT2D eigenvalue weighted by molar-refractivity contribution is 5.96. The van der Waals surface area contributed by atoms with Crippen molar-refractivity contribution >= 4 is 17.3 Å². The van der Waals surface area contributed by atoms with Gasteiger partial charge in [-0.3, -0.25) is 4.79 Å². The lowest BCUT2D eigenvalue weighted by Crippen LogP contribution is -2.39. The topological polar surface area (TPSA) is 52.8 Å². The number of benzene rings is 1. The molecule has 1 saturated heterocycles. The lowest BCUT2D eigenvalue weighted by Gasteiger charge is -2.26. The summed E-state index contributed by atoms with van der Waals surface area (Å²) in [5.74, 6) is 0.0345. The number of likely N-dealkylation sites (N-methyl/N-ethyl adjacent to an activating group) is 2. The van der Waals surface area contributed by atoms with Crippen molar-refractivity contribution in [2.75, 3.05) is 51.9 Å². The number of rotatable bonds is 4. The number of nitrogen functional groups attached to an aromatic ring is 1. The molecule has 5 heteroatoms. The van der Waals surface area contributed by atoms with Gasteiger partial charge in [-0.15, -0.1) is 0 Å². The molecule has 0 aromatic heterocycles. The van der Waals surface area contributed by atoms with Crippen molar-refractivity contribution in [2.45, 2.75) is 18.9 Å². The van der Waals surface area contributed by atoms with Crippen molar-refractivity contribution in [2.24, 2.45) is 0 Å². The van der Waals surface area contributed by atoms with Crippen molar-refractivity contribution in [3.05, 3.63) is 23.8 Å². The number of likely N-dealkylation sites (tertiary alicyclic amines) is 1. The maximum atomic E-state index is 12.5. The zero-order valence-corrected chi connectivity index (χ0v) is 13.5. The van der Waals surface area contributed by atoms with E-state index in [0.29, 0.717) is 17.3 Å². The fraction of sp³-hybridized carbons (Fsp3) is 0.562. The summed E-state index contributed by atoms with van der Waals surface area (Å²) in [5, 5.41) is 0. The Balaban J connectivity index is 2.07. The maximum absolute atomic E-state index is 12.5. The van der Waals surface area contributed by atoms with Gasteiger partial charge in [0.2, 0.25) is 0 Å². The van der Waals surface area contributed by atoms with Crippen molar-refractivity contribution in [1.29, 1.82) is 0 Å². The van der Waals surface area contributed by atoms with Gasteiger partial charge in [0.15, 0.2) is 0 Å². The molecule has 1 aromatic rings. The first-order chi connectivity index (χ1) is 9.90. The molecule has 0 radical (unpaired) electrons. The van der Waals surface area contributed by atoms with Crippen molar-refractivity contribution in [3.8, 4) is 0 Å². The standard InChI is InChI=1S/C16H26N4O/c1-18(2)15-8-7-12(10-14(15)17)16(21)20(4)11-13-6-5-9-19(13)3/h7-8,10,13H,5-6,9,11,17H2,1-4H3. The molecule has 0 spiro atoms. The Labute approximate surface area is 127 Å². The van der Waals surface area contributed by atoms with Gasteiger partial charge < -0.3 is 20.4 Å². The molecule has 116 valence electrons. The fourth-order valence-corrected chi connectivity index (χ4v) is 2.92. The van der Waals surface area contributed by atoms with Gasteiger partial charge in [0.1, 0.15) is 0 Å². The van der Waals surface area contributed by atoms with E-state index < -0.39 is 0 Å². The molecule has 1 atom stereocenters. The first-order valence-electron chi connectivity index (χ1n) is 7.42. The summed E-state index contributed by atoms with van der Waals surface area (Å²) in [7, 11) is 7.87. The average molecular weight is 290 g/mol. The predicted octanol–water partition coefficient (Wildman–Crippen LogP) is 1.50. The summed E-state index contributed by atoms with van der Waals surface area (Å²) in [4.78, 5) is 18.6. The summed E-state index contributed by atoms with van der Waals surface area (Å²) < 4.78 is 0. The van der Waals surface area contributed by atoms with Crippen LogP contribution >= 0.6 is 0 Å². The number of hydrogen-bond acceptors (Lipinski definition) is 4. The molecule has 1 unspecified atom stereocenters. The van der Waals surface area contributed by atoms with E-state index in [1.54, 1.807) is 11.0 Å². The van der Waals surface area contributed by atoms with Crippen molar-refractivity contribution in [3.63, 3.8) is 0 Å². The van der Waals surface area contributed by atoms with Crippen LogP contribution in [-0.2, 0) is 0 Å². The third-order valence-electron chi connectivity index (χ3n) is 4.26. The van der Waals surface area contributed by atoms with Gasteiger partial charge in [-0.1, -0.05) is 0 Å². The molecule has 1 fully saturated rings. The van der Waals surface area contributed by atoms with Crippen LogP contribution in [0.2, 0.25) is 0 Å². The second-order valence-electron chi connectivity index (χ2n) is 6.13. The van der Waals surface area contributed by atoms with Crippen LogP contribution in [0.15, 0.2) is 18.2 Å². The molecule has 2 N–H and O–H groups in total. The zero-order valence-electron chi connectivity index (χ0n) is 13.5. The van der Waals surface area contributed by atoms with Gasteiger partial charge in [-0.25, -0.2) is 0 Å². The number of nitrogens with two attached hydrogens (primary N) is 1. The third kappa shape index (κ3) is 3.47. The van der Waals surface area contributed by atoms with Crippen LogP contribution < -0.4 is 10.6 Å². The highest BCUT2D eigenvalue weighted by Crippen LogP contribution is 2.23. The SMILES string of the molecule is CN(CC1CCCN1C)C(=O)c1ccc(N(C)C)c(N)c1. The largest absolute Gasteiger partial charge is 0.397 e. The van der Waals surface area contributed by atoms with E-state index in [0.717, 1.165) is 25.2 Å². The molecule has 1 heterocycles. The molecule has 0 aliphatic carbocycles. The van der Waals surface area contributed by atoms with E-state index in [1.807, 2.05) is 38.2 Å². The molecule has 5 nitrogen and oxygen atoms in total. The van der Waals surface area contributed by atoms with Gasteiger partial charge in [0.05, 0.1) is 11.4 Å². The monoisotopic (exact) mass is 290 g/mol. The Hall–Kier alpha value is -1.75. The number of amides is 1. The second kappa shape index (κ2) is 6.35. The molecule has 0 bridgehead atoms. The fourth-order valence-electron chi connectivity index (χ4n) is 2.92. The Morgan fingerprint density at radius 3 is 2.62 bits per heavy atom. The summed E-state index contributed by atoms with van der Waals surface area (Å²) in [6.07, 6.45) is 2.38. The highest BCUT2D eigenvalue weighted by atomic mass is 16.2. The van der Waals surface area contributed by atoms with Gasteiger partial charge in [0.25, 0.3) is 5.91 Å². The van der Waals surface area contributed by atoms with E-state index >= 15 is 0 Å². The number of hydrogen-bond donors (Lipinski definition) is 1. The van der Waals surface area contributed by atoms with Crippen LogP contribution in [0, 0.1) is 0 Å². The van der Waals surface area contributed by atoms with E-state index in [-0.39, 0.29) is 5.91 Å². The zero-order chi connectivity index (χ0) is 15.6. The molecular weight excluding hydrogens is 264 g/mol. The molecule has 2 rings (SSSR count). The van der Waals surface area contributed by atoms with Crippen LogP contribution in [-0.4, -0.2) is 63.0 Å². The minimum Gasteiger partial charge on any atom is -0.397 e. The lowest BCUT2D eigenvalue weighted by atomic mass is 10.1. The predicted molar refractivity (Wildman–Crippen MR) is 87.8 cm³/mol. The summed E-state index contributed by atoms with van der Waals surface area (Å²) in [6, 6.07) is 5.99. The quantitative estimate of drug-likeness (QED) is 0.854.